The van der Waals surface area contributed by atoms with Crippen LogP contribution in [0.3, 0.4) is 0 Å². The van der Waals surface area contributed by atoms with Gasteiger partial charge in [0.2, 0.25) is 23.6 Å². The lowest BCUT2D eigenvalue weighted by Crippen LogP contribution is -2.65. The van der Waals surface area contributed by atoms with Crippen molar-refractivity contribution in [2.45, 2.75) is 141 Å². The molecule has 6 rings (SSSR count). The van der Waals surface area contributed by atoms with Gasteiger partial charge in [-0.25, -0.2) is 0 Å². The number of unbranched alkanes of at least 4 members (excludes halogenated alkanes) is 1. The molecule has 2 bridgehead atoms. The Labute approximate surface area is 352 Å². The zero-order valence-electron chi connectivity index (χ0n) is 35.2. The lowest BCUT2D eigenvalue weighted by Gasteiger charge is -2.64. The van der Waals surface area contributed by atoms with E-state index in [4.69, 9.17) is 26.6 Å². The van der Waals surface area contributed by atoms with Crippen molar-refractivity contribution in [2.24, 2.45) is 23.0 Å². The Balaban J connectivity index is 1.15. The summed E-state index contributed by atoms with van der Waals surface area (Å²) < 4.78 is 12.9. The van der Waals surface area contributed by atoms with Crippen molar-refractivity contribution in [3.63, 3.8) is 0 Å². The summed E-state index contributed by atoms with van der Waals surface area (Å²) in [4.78, 5) is 71.6. The molecular formula is C42H61BClN7O8. The van der Waals surface area contributed by atoms with Crippen LogP contribution in [0.1, 0.15) is 104 Å². The standard InChI is InChI=1S/C42H61BClN7O8/c1-8-11-31(50-37(54)27-15-18-30(46-22-27)26-13-16-29(44)17-14-26)39(56)51-35(24(3)52)40(57)47-23(2)36(53)49-32(12-9-10-19-45)38(55)48-25(4)43-58-34-21-28-20-33(41(28,5)6)42(34,7)59-43/h13-18,22-25,28,31-35,52H,8-12,19-21,45H2,1-7H3,(H,47,57)(H,48,55)(H,49,53)(H,50,54)(H,51,56)/t23-,24+,25-,28-,31-,32-,33-,34+,35-,42-/m0/s1. The number of aliphatic hydroxyl groups excluding tert-OH is 1. The van der Waals surface area contributed by atoms with Crippen LogP contribution in [0.2, 0.25) is 5.02 Å². The van der Waals surface area contributed by atoms with Gasteiger partial charge in [-0.1, -0.05) is 50.9 Å². The molecule has 322 valence electrons. The third-order valence-electron chi connectivity index (χ3n) is 12.5. The van der Waals surface area contributed by atoms with Gasteiger partial charge in [0.25, 0.3) is 5.91 Å². The largest absolute Gasteiger partial charge is 0.481 e. The lowest BCUT2D eigenvalue weighted by atomic mass is 9.43. The number of amides is 5. The van der Waals surface area contributed by atoms with Gasteiger partial charge in [-0.15, -0.1) is 0 Å². The van der Waals surface area contributed by atoms with Crippen LogP contribution in [0.5, 0.6) is 0 Å². The van der Waals surface area contributed by atoms with Gasteiger partial charge in [-0.05, 0) is 114 Å². The van der Waals surface area contributed by atoms with Crippen LogP contribution < -0.4 is 32.3 Å². The highest BCUT2D eigenvalue weighted by atomic mass is 35.5. The van der Waals surface area contributed by atoms with Crippen molar-refractivity contribution in [1.29, 1.82) is 0 Å². The molecular weight excluding hydrogens is 777 g/mol. The third-order valence-corrected chi connectivity index (χ3v) is 12.8. The topological polar surface area (TPSA) is 223 Å². The maximum Gasteiger partial charge on any atom is 0.481 e. The number of nitrogens with zero attached hydrogens (tertiary/aromatic N) is 1. The molecule has 0 unspecified atom stereocenters. The number of nitrogens with one attached hydrogen (secondary N) is 5. The molecule has 2 aromatic rings. The van der Waals surface area contributed by atoms with E-state index in [2.05, 4.69) is 52.3 Å². The molecule has 17 heteroatoms. The van der Waals surface area contributed by atoms with Gasteiger partial charge in [0, 0.05) is 16.8 Å². The number of benzene rings is 1. The first-order valence-electron chi connectivity index (χ1n) is 20.8. The minimum absolute atomic E-state index is 0.0536. The molecule has 4 aliphatic rings. The summed E-state index contributed by atoms with van der Waals surface area (Å²) in [7, 11) is -0.648. The van der Waals surface area contributed by atoms with Crippen LogP contribution in [0, 0.1) is 17.3 Å². The van der Waals surface area contributed by atoms with Crippen LogP contribution in [-0.4, -0.2) is 101 Å². The molecule has 1 aliphatic heterocycles. The second-order valence-corrected chi connectivity index (χ2v) is 17.6. The van der Waals surface area contributed by atoms with Crippen LogP contribution in [0.15, 0.2) is 42.6 Å². The molecule has 1 aromatic heterocycles. The minimum atomic E-state index is -1.47. The lowest BCUT2D eigenvalue weighted by molar-refractivity contribution is -0.199. The summed E-state index contributed by atoms with van der Waals surface area (Å²) in [6.07, 6.45) is 4.26. The summed E-state index contributed by atoms with van der Waals surface area (Å²) in [5, 5.41) is 24.7. The Hall–Kier alpha value is -4.09. The normalized spacial score (nSPS) is 24.5. The number of pyridine rings is 1. The minimum Gasteiger partial charge on any atom is -0.404 e. The average molecular weight is 838 g/mol. The molecule has 1 saturated heterocycles. The Kier molecular flexibility index (Phi) is 15.2. The van der Waals surface area contributed by atoms with Gasteiger partial charge in [-0.2, -0.15) is 0 Å². The first-order chi connectivity index (χ1) is 27.9. The first-order valence-corrected chi connectivity index (χ1v) is 21.2. The third kappa shape index (κ3) is 10.6. The fraction of sp³-hybridized carbons (Fsp3) is 0.619. The monoisotopic (exact) mass is 837 g/mol. The number of rotatable bonds is 19. The summed E-state index contributed by atoms with van der Waals surface area (Å²) in [5.74, 6) is -2.71. The SMILES string of the molecule is CCC[C@H](NC(=O)c1ccc(-c2ccc(Cl)cc2)nc1)C(=O)N[C@H](C(=O)N[C@@H](C)C(=O)N[C@@H](CCCCN)C(=O)N[C@@H](C)B1O[C@@H]2C[C@@H]3C[C@@H](C3(C)C)[C@]2(C)O1)[C@@H](C)O. The second-order valence-electron chi connectivity index (χ2n) is 17.2. The van der Waals surface area contributed by atoms with E-state index >= 15 is 0 Å². The molecule has 5 amide bonds. The molecule has 4 fully saturated rings. The quantitative estimate of drug-likeness (QED) is 0.0810. The van der Waals surface area contributed by atoms with Crippen LogP contribution >= 0.6 is 11.6 Å². The van der Waals surface area contributed by atoms with E-state index in [0.29, 0.717) is 54.8 Å². The number of halogens is 1. The van der Waals surface area contributed by atoms with Gasteiger partial charge in [-0.3, -0.25) is 29.0 Å². The van der Waals surface area contributed by atoms with Crippen molar-refractivity contribution in [3.8, 4) is 11.3 Å². The first kappa shape index (κ1) is 46.0. The van der Waals surface area contributed by atoms with Gasteiger partial charge in [0.1, 0.15) is 24.2 Å². The summed E-state index contributed by atoms with van der Waals surface area (Å²) >= 11 is 5.98. The molecule has 0 spiro atoms. The smallest absolute Gasteiger partial charge is 0.404 e. The van der Waals surface area contributed by atoms with Crippen molar-refractivity contribution >= 4 is 48.3 Å². The van der Waals surface area contributed by atoms with Crippen LogP contribution in [0.4, 0.5) is 0 Å². The zero-order valence-corrected chi connectivity index (χ0v) is 35.9. The Morgan fingerprint density at radius 3 is 2.17 bits per heavy atom. The molecule has 59 heavy (non-hydrogen) atoms. The van der Waals surface area contributed by atoms with Crippen molar-refractivity contribution in [2.75, 3.05) is 6.54 Å². The summed E-state index contributed by atoms with van der Waals surface area (Å²) in [6, 6.07) is 5.75. The van der Waals surface area contributed by atoms with E-state index in [1.54, 1.807) is 24.3 Å². The average Bonchev–Trinajstić information content (AvgIpc) is 3.57. The maximum atomic E-state index is 13.7. The highest BCUT2D eigenvalue weighted by Gasteiger charge is 2.68. The number of carbonyl (C=O) groups is 5. The highest BCUT2D eigenvalue weighted by Crippen LogP contribution is 2.65. The number of nitrogens with two attached hydrogens (primary N) is 1. The maximum absolute atomic E-state index is 13.7. The van der Waals surface area contributed by atoms with E-state index in [1.165, 1.54) is 20.0 Å². The van der Waals surface area contributed by atoms with E-state index in [0.717, 1.165) is 18.4 Å². The molecule has 1 aromatic carbocycles. The zero-order chi connectivity index (χ0) is 43.2. The molecule has 3 aliphatic carbocycles. The molecule has 2 heterocycles. The van der Waals surface area contributed by atoms with Crippen molar-refractivity contribution in [3.05, 3.63) is 53.2 Å². The Bertz CT molecular complexity index is 1820. The van der Waals surface area contributed by atoms with Crippen LogP contribution in [-0.2, 0) is 28.5 Å². The highest BCUT2D eigenvalue weighted by molar-refractivity contribution is 6.47. The predicted octanol–water partition coefficient (Wildman–Crippen LogP) is 3.06. The Morgan fingerprint density at radius 1 is 0.881 bits per heavy atom. The molecule has 10 atom stereocenters. The number of hydrogen-bond donors (Lipinski definition) is 7. The molecule has 8 N–H and O–H groups in total. The van der Waals surface area contributed by atoms with Crippen molar-refractivity contribution < 1.29 is 38.4 Å². The Morgan fingerprint density at radius 2 is 1.56 bits per heavy atom. The van der Waals surface area contributed by atoms with Gasteiger partial charge >= 0.3 is 7.12 Å². The molecule has 3 saturated carbocycles. The van der Waals surface area contributed by atoms with Gasteiger partial charge < -0.3 is 46.7 Å². The fourth-order valence-electron chi connectivity index (χ4n) is 8.71. The van der Waals surface area contributed by atoms with Gasteiger partial charge in [0.15, 0.2) is 0 Å². The number of hydrogen-bond acceptors (Lipinski definition) is 10. The van der Waals surface area contributed by atoms with Gasteiger partial charge in [0.05, 0.1) is 35.0 Å². The van der Waals surface area contributed by atoms with E-state index in [1.807, 2.05) is 26.0 Å². The van der Waals surface area contributed by atoms with Crippen LogP contribution in [0.25, 0.3) is 11.3 Å². The van der Waals surface area contributed by atoms with E-state index in [9.17, 15) is 29.1 Å². The number of aliphatic hydroxyl groups is 1. The fourth-order valence-corrected chi connectivity index (χ4v) is 8.84. The second kappa shape index (κ2) is 19.5. The summed E-state index contributed by atoms with van der Waals surface area (Å²) in [6.45, 7) is 13.5. The molecule has 0 radical (unpaired) electrons. The van der Waals surface area contributed by atoms with Crippen molar-refractivity contribution in [1.82, 2.24) is 31.6 Å². The number of aromatic nitrogens is 1. The predicted molar refractivity (Wildman–Crippen MR) is 225 cm³/mol. The molecule has 15 nitrogen and oxygen atoms in total. The number of carbonyl (C=O) groups excluding carboxylic acids is 5. The summed E-state index contributed by atoms with van der Waals surface area (Å²) in [5.41, 5.74) is 7.11. The van der Waals surface area contributed by atoms with E-state index in [-0.39, 0.29) is 23.5 Å². The van der Waals surface area contributed by atoms with E-state index < -0.39 is 78.5 Å².